The summed E-state index contributed by atoms with van der Waals surface area (Å²) >= 11 is 2.73. The van der Waals surface area contributed by atoms with E-state index in [1.54, 1.807) is 54.2 Å². The Balaban J connectivity index is 1.42. The van der Waals surface area contributed by atoms with Crippen molar-refractivity contribution >= 4 is 51.3 Å². The number of aryl methyl sites for hydroxylation is 2. The van der Waals surface area contributed by atoms with Gasteiger partial charge in [0, 0.05) is 24.3 Å². The summed E-state index contributed by atoms with van der Waals surface area (Å²) in [6.45, 7) is 3.79. The summed E-state index contributed by atoms with van der Waals surface area (Å²) in [5.41, 5.74) is 4.33. The third-order valence-corrected chi connectivity index (χ3v) is 8.58. The molecular weight excluding hydrogens is 532 g/mol. The summed E-state index contributed by atoms with van der Waals surface area (Å²) in [6, 6.07) is 16.2. The number of hydrogen-bond donors (Lipinski definition) is 1. The normalized spacial score (nSPS) is 16.9. The molecule has 1 fully saturated rings. The number of carbonyl (C=O) groups excluding carboxylic acids is 2. The Labute approximate surface area is 231 Å². The van der Waals surface area contributed by atoms with E-state index in [0.29, 0.717) is 32.7 Å². The number of thioether (sulfide) groups is 1. The van der Waals surface area contributed by atoms with E-state index >= 15 is 0 Å². The molecular formula is C28H22N6O3S2. The van der Waals surface area contributed by atoms with Crippen LogP contribution in [0, 0.1) is 13.8 Å². The first-order valence-corrected chi connectivity index (χ1v) is 13.9. The van der Waals surface area contributed by atoms with Gasteiger partial charge in [-0.25, -0.2) is 4.98 Å². The van der Waals surface area contributed by atoms with Gasteiger partial charge in [-0.05, 0) is 43.2 Å². The predicted octanol–water partition coefficient (Wildman–Crippen LogP) is 5.12. The summed E-state index contributed by atoms with van der Waals surface area (Å²) < 4.78 is 2.36. The number of carbonyl (C=O) groups is 2. The predicted molar refractivity (Wildman–Crippen MR) is 150 cm³/mol. The Hall–Kier alpha value is -4.35. The van der Waals surface area contributed by atoms with Gasteiger partial charge in [-0.2, -0.15) is 0 Å². The second kappa shape index (κ2) is 10.1. The first-order chi connectivity index (χ1) is 18.9. The maximum absolute atomic E-state index is 13.5. The van der Waals surface area contributed by atoms with E-state index in [4.69, 9.17) is 0 Å². The molecule has 6 rings (SSSR count). The van der Waals surface area contributed by atoms with Gasteiger partial charge in [0.1, 0.15) is 11.3 Å². The maximum atomic E-state index is 13.5. The number of aliphatic hydroxyl groups is 1. The fraction of sp³-hybridized carbons (Fsp3) is 0.143. The number of aliphatic hydroxyl groups excluding tert-OH is 1. The maximum Gasteiger partial charge on any atom is 0.301 e. The monoisotopic (exact) mass is 554 g/mol. The van der Waals surface area contributed by atoms with Crippen LogP contribution in [0.2, 0.25) is 0 Å². The van der Waals surface area contributed by atoms with Crippen LogP contribution < -0.4 is 4.90 Å². The molecule has 1 aromatic carbocycles. The third kappa shape index (κ3) is 4.49. The average Bonchev–Trinajstić information content (AvgIpc) is 3.62. The zero-order valence-corrected chi connectivity index (χ0v) is 22.6. The molecule has 0 bridgehead atoms. The molecule has 9 nitrogen and oxygen atoms in total. The standard InChI is InChI=1S/C28H22N6O3S2/c1-16-8-10-18(11-9-16)15-38-28-32-31-27(39-28)34-23(19-6-5-12-29-14-19)21(25(36)26(34)37)24(35)22-17(2)30-20-7-3-4-13-33(20)22/h3-14,23,35H,15H2,1-2H3. The quantitative estimate of drug-likeness (QED) is 0.101. The van der Waals surface area contributed by atoms with E-state index in [1.165, 1.54) is 33.6 Å². The van der Waals surface area contributed by atoms with Crippen LogP contribution in [0.1, 0.15) is 34.1 Å². The minimum absolute atomic E-state index is 0.0502. The highest BCUT2D eigenvalue weighted by atomic mass is 32.2. The van der Waals surface area contributed by atoms with Crippen molar-refractivity contribution in [3.05, 3.63) is 107 Å². The number of amides is 1. The lowest BCUT2D eigenvalue weighted by Crippen LogP contribution is -2.29. The van der Waals surface area contributed by atoms with Crippen LogP contribution in [-0.4, -0.2) is 41.4 Å². The molecule has 194 valence electrons. The molecule has 1 unspecified atom stereocenters. The molecule has 4 aromatic heterocycles. The molecule has 1 N–H and O–H groups in total. The van der Waals surface area contributed by atoms with Crippen molar-refractivity contribution in [2.24, 2.45) is 0 Å². The largest absolute Gasteiger partial charge is 0.505 e. The Kier molecular flexibility index (Phi) is 6.45. The molecule has 1 saturated heterocycles. The number of nitrogens with zero attached hydrogens (tertiary/aromatic N) is 6. The number of ketones is 1. The second-order valence-electron chi connectivity index (χ2n) is 9.05. The fourth-order valence-corrected chi connectivity index (χ4v) is 6.42. The number of imidazole rings is 1. The van der Waals surface area contributed by atoms with Crippen molar-refractivity contribution in [2.75, 3.05) is 4.90 Å². The van der Waals surface area contributed by atoms with Gasteiger partial charge in [-0.3, -0.25) is 23.9 Å². The zero-order valence-electron chi connectivity index (χ0n) is 21.0. The van der Waals surface area contributed by atoms with Crippen molar-refractivity contribution in [3.8, 4) is 0 Å². The highest BCUT2D eigenvalue weighted by Crippen LogP contribution is 2.44. The highest BCUT2D eigenvalue weighted by Gasteiger charge is 2.49. The molecule has 1 amide bonds. The average molecular weight is 555 g/mol. The molecule has 5 heterocycles. The Bertz CT molecular complexity index is 1740. The van der Waals surface area contributed by atoms with Crippen molar-refractivity contribution in [1.29, 1.82) is 0 Å². The minimum atomic E-state index is -0.935. The summed E-state index contributed by atoms with van der Waals surface area (Å²) in [4.78, 5) is 37.0. The van der Waals surface area contributed by atoms with Crippen LogP contribution in [0.3, 0.4) is 0 Å². The van der Waals surface area contributed by atoms with Gasteiger partial charge in [0.25, 0.3) is 5.78 Å². The molecule has 0 aliphatic carbocycles. The molecule has 11 heteroatoms. The lowest BCUT2D eigenvalue weighted by molar-refractivity contribution is -0.132. The molecule has 1 aliphatic rings. The molecule has 0 radical (unpaired) electrons. The summed E-state index contributed by atoms with van der Waals surface area (Å²) in [5.74, 6) is -1.22. The first-order valence-electron chi connectivity index (χ1n) is 12.1. The van der Waals surface area contributed by atoms with Crippen LogP contribution in [0.15, 0.2) is 83.1 Å². The smallest absolute Gasteiger partial charge is 0.301 e. The number of anilines is 1. The summed E-state index contributed by atoms with van der Waals surface area (Å²) in [7, 11) is 0. The van der Waals surface area contributed by atoms with Crippen LogP contribution in [0.4, 0.5) is 5.13 Å². The van der Waals surface area contributed by atoms with Gasteiger partial charge in [-0.1, -0.05) is 65.1 Å². The lowest BCUT2D eigenvalue weighted by atomic mass is 9.97. The molecule has 0 saturated carbocycles. The molecule has 39 heavy (non-hydrogen) atoms. The van der Waals surface area contributed by atoms with Crippen LogP contribution in [0.25, 0.3) is 11.4 Å². The van der Waals surface area contributed by atoms with Gasteiger partial charge >= 0.3 is 5.91 Å². The second-order valence-corrected chi connectivity index (χ2v) is 11.2. The van der Waals surface area contributed by atoms with Crippen molar-refractivity contribution in [1.82, 2.24) is 24.6 Å². The Morgan fingerprint density at radius 2 is 1.87 bits per heavy atom. The third-order valence-electron chi connectivity index (χ3n) is 6.46. The van der Waals surface area contributed by atoms with Crippen LogP contribution in [0.5, 0.6) is 0 Å². The summed E-state index contributed by atoms with van der Waals surface area (Å²) in [6.07, 6.45) is 4.93. The van der Waals surface area contributed by atoms with Crippen LogP contribution in [-0.2, 0) is 15.3 Å². The number of hydrogen-bond acceptors (Lipinski definition) is 9. The number of benzene rings is 1. The van der Waals surface area contributed by atoms with Gasteiger partial charge in [-0.15, -0.1) is 10.2 Å². The molecule has 1 atom stereocenters. The van der Waals surface area contributed by atoms with Gasteiger partial charge in [0.05, 0.1) is 17.3 Å². The Morgan fingerprint density at radius 3 is 2.64 bits per heavy atom. The fourth-order valence-electron chi connectivity index (χ4n) is 4.60. The van der Waals surface area contributed by atoms with Gasteiger partial charge in [0.15, 0.2) is 10.1 Å². The number of aromatic nitrogens is 5. The molecule has 0 spiro atoms. The van der Waals surface area contributed by atoms with Crippen molar-refractivity contribution < 1.29 is 14.7 Å². The number of pyridine rings is 2. The summed E-state index contributed by atoms with van der Waals surface area (Å²) in [5, 5.41) is 20.4. The van der Waals surface area contributed by atoms with Gasteiger partial charge in [0.2, 0.25) is 5.13 Å². The van der Waals surface area contributed by atoms with E-state index in [2.05, 4.69) is 44.4 Å². The number of rotatable bonds is 6. The lowest BCUT2D eigenvalue weighted by Gasteiger charge is -2.22. The van der Waals surface area contributed by atoms with Crippen LogP contribution >= 0.6 is 23.1 Å². The van der Waals surface area contributed by atoms with E-state index < -0.39 is 17.7 Å². The van der Waals surface area contributed by atoms with E-state index in [0.717, 1.165) is 5.56 Å². The highest BCUT2D eigenvalue weighted by molar-refractivity contribution is 8.00. The topological polar surface area (TPSA) is 114 Å². The Morgan fingerprint density at radius 1 is 1.05 bits per heavy atom. The van der Waals surface area contributed by atoms with E-state index in [1.807, 2.05) is 13.0 Å². The van der Waals surface area contributed by atoms with Gasteiger partial charge < -0.3 is 5.11 Å². The number of Topliss-reactive ketones (excluding diaryl/α,β-unsaturated/α-hetero) is 1. The SMILES string of the molecule is Cc1ccc(CSc2nnc(N3C(=O)C(=O)C(=C(O)c4c(C)nc5ccccn45)C3c3cccnc3)s2)cc1. The van der Waals surface area contributed by atoms with E-state index in [-0.39, 0.29) is 16.5 Å². The first kappa shape index (κ1) is 25.0. The minimum Gasteiger partial charge on any atom is -0.505 e. The molecule has 5 aromatic rings. The van der Waals surface area contributed by atoms with Crippen molar-refractivity contribution in [2.45, 2.75) is 30.0 Å². The zero-order chi connectivity index (χ0) is 27.1. The molecule has 1 aliphatic heterocycles. The van der Waals surface area contributed by atoms with Crippen molar-refractivity contribution in [3.63, 3.8) is 0 Å². The van der Waals surface area contributed by atoms with E-state index in [9.17, 15) is 14.7 Å². The number of fused-ring (bicyclic) bond motifs is 1.